The minimum atomic E-state index is 0.694. The summed E-state index contributed by atoms with van der Waals surface area (Å²) in [6.45, 7) is 5.13. The van der Waals surface area contributed by atoms with Gasteiger partial charge in [0.05, 0.1) is 0 Å². The van der Waals surface area contributed by atoms with Gasteiger partial charge in [-0.3, -0.25) is 0 Å². The highest BCUT2D eigenvalue weighted by atomic mass is 16.1. The molecule has 0 saturated carbocycles. The van der Waals surface area contributed by atoms with Crippen LogP contribution in [0.15, 0.2) is 0 Å². The summed E-state index contributed by atoms with van der Waals surface area (Å²) < 4.78 is 0. The second-order valence-corrected chi connectivity index (χ2v) is 1.33. The average Bonchev–Trinajstić information content (AvgIpc) is 1.94. The van der Waals surface area contributed by atoms with Gasteiger partial charge in [-0.25, -0.2) is 0 Å². The van der Waals surface area contributed by atoms with Crippen molar-refractivity contribution in [3.63, 3.8) is 0 Å². The molecule has 0 aromatic heterocycles. The predicted molar refractivity (Wildman–Crippen MR) is 38.1 cm³/mol. The maximum absolute atomic E-state index is 8.00. The Bertz CT molecular complexity index is 39.2. The number of hydrogen-bond acceptors (Lipinski definition) is 4. The molecule has 0 radical (unpaired) electrons. The van der Waals surface area contributed by atoms with Gasteiger partial charge in [0.2, 0.25) is 0 Å². The summed E-state index contributed by atoms with van der Waals surface area (Å²) in [5, 5.41) is 3.03. The second-order valence-electron chi connectivity index (χ2n) is 1.33. The van der Waals surface area contributed by atoms with Gasteiger partial charge < -0.3 is 21.6 Å². The van der Waals surface area contributed by atoms with E-state index in [0.717, 1.165) is 13.1 Å². The van der Waals surface area contributed by atoms with Gasteiger partial charge in [-0.2, -0.15) is 0 Å². The molecule has 0 aromatic carbocycles. The zero-order valence-electron chi connectivity index (χ0n) is 5.60. The number of hydrogen-bond donors (Lipinski definition) is 3. The van der Waals surface area contributed by atoms with Gasteiger partial charge in [-0.05, 0) is 0 Å². The third-order valence-corrected chi connectivity index (χ3v) is 0.642. The lowest BCUT2D eigenvalue weighted by Gasteiger charge is -1.95. The fourth-order valence-electron chi connectivity index (χ4n) is 0.329. The normalized spacial score (nSPS) is 7.78. The molecule has 4 nitrogen and oxygen atoms in total. The minimum Gasteiger partial charge on any atom is -0.329 e. The number of carbonyl (C=O) groups is 1. The highest BCUT2D eigenvalue weighted by molar-refractivity contribution is 5.10. The number of rotatable bonds is 4. The molecule has 0 heterocycles. The highest BCUT2D eigenvalue weighted by Crippen LogP contribution is 1.49. The summed E-state index contributed by atoms with van der Waals surface area (Å²) in [6.07, 6.45) is 0. The SMILES string of the molecule is C=O.NCCNCCN. The largest absolute Gasteiger partial charge is 0.329 e. The Labute approximate surface area is 55.6 Å². The zero-order valence-corrected chi connectivity index (χ0v) is 5.60. The maximum atomic E-state index is 8.00. The van der Waals surface area contributed by atoms with E-state index < -0.39 is 0 Å². The molecule has 0 aliphatic carbocycles. The molecule has 0 bridgehead atoms. The van der Waals surface area contributed by atoms with Crippen molar-refractivity contribution in [1.29, 1.82) is 0 Å². The quantitative estimate of drug-likeness (QED) is 0.400. The molecule has 0 aromatic rings. The minimum absolute atomic E-state index is 0.694. The van der Waals surface area contributed by atoms with Crippen molar-refractivity contribution < 1.29 is 4.79 Å². The Morgan fingerprint density at radius 1 is 1.11 bits per heavy atom. The Hall–Kier alpha value is -0.450. The molecule has 56 valence electrons. The first-order chi connectivity index (χ1) is 4.41. The van der Waals surface area contributed by atoms with Crippen molar-refractivity contribution in [3.8, 4) is 0 Å². The molecule has 0 unspecified atom stereocenters. The van der Waals surface area contributed by atoms with Crippen LogP contribution in [-0.4, -0.2) is 33.0 Å². The summed E-state index contributed by atoms with van der Waals surface area (Å²) in [6, 6.07) is 0. The van der Waals surface area contributed by atoms with Crippen LogP contribution in [0.5, 0.6) is 0 Å². The Kier molecular flexibility index (Phi) is 19.7. The monoisotopic (exact) mass is 133 g/mol. The molecular weight excluding hydrogens is 118 g/mol. The number of nitrogens with one attached hydrogen (secondary N) is 1. The summed E-state index contributed by atoms with van der Waals surface area (Å²) in [7, 11) is 0. The molecule has 4 heteroatoms. The van der Waals surface area contributed by atoms with E-state index in [9.17, 15) is 0 Å². The van der Waals surface area contributed by atoms with Gasteiger partial charge in [0.15, 0.2) is 0 Å². The number of nitrogens with two attached hydrogens (primary N) is 2. The van der Waals surface area contributed by atoms with E-state index in [0.29, 0.717) is 13.1 Å². The first-order valence-corrected chi connectivity index (χ1v) is 2.81. The first-order valence-electron chi connectivity index (χ1n) is 2.81. The fraction of sp³-hybridized carbons (Fsp3) is 0.800. The van der Waals surface area contributed by atoms with E-state index in [1.54, 1.807) is 0 Å². The van der Waals surface area contributed by atoms with Crippen molar-refractivity contribution >= 4 is 6.79 Å². The molecule has 0 saturated heterocycles. The Morgan fingerprint density at radius 2 is 1.44 bits per heavy atom. The molecule has 0 rings (SSSR count). The summed E-state index contributed by atoms with van der Waals surface area (Å²) in [5.74, 6) is 0. The predicted octanol–water partition coefficient (Wildman–Crippen LogP) is -1.69. The van der Waals surface area contributed by atoms with Crippen LogP contribution in [0, 0.1) is 0 Å². The third kappa shape index (κ3) is 18.5. The lowest BCUT2D eigenvalue weighted by atomic mass is 10.6. The van der Waals surface area contributed by atoms with Crippen LogP contribution in [0.2, 0.25) is 0 Å². The molecular formula is C5H15N3O. The second kappa shape index (κ2) is 15.6. The first kappa shape index (κ1) is 11.4. The molecule has 0 fully saturated rings. The van der Waals surface area contributed by atoms with Gasteiger partial charge >= 0.3 is 0 Å². The van der Waals surface area contributed by atoms with Crippen molar-refractivity contribution in [1.82, 2.24) is 5.32 Å². The molecule has 0 spiro atoms. The van der Waals surface area contributed by atoms with Crippen LogP contribution in [0.25, 0.3) is 0 Å². The van der Waals surface area contributed by atoms with Crippen LogP contribution in [0.4, 0.5) is 0 Å². The van der Waals surface area contributed by atoms with Gasteiger partial charge in [-0.1, -0.05) is 0 Å². The zero-order chi connectivity index (χ0) is 7.54. The lowest BCUT2D eigenvalue weighted by Crippen LogP contribution is -2.27. The van der Waals surface area contributed by atoms with Gasteiger partial charge in [0.1, 0.15) is 6.79 Å². The molecule has 0 atom stereocenters. The fourth-order valence-corrected chi connectivity index (χ4v) is 0.329. The van der Waals surface area contributed by atoms with Crippen molar-refractivity contribution in [2.24, 2.45) is 11.5 Å². The van der Waals surface area contributed by atoms with E-state index in [1.165, 1.54) is 0 Å². The molecule has 9 heavy (non-hydrogen) atoms. The summed E-state index contributed by atoms with van der Waals surface area (Å²) in [5.41, 5.74) is 10.3. The van der Waals surface area contributed by atoms with Crippen molar-refractivity contribution in [2.75, 3.05) is 26.2 Å². The molecule has 0 amide bonds. The van der Waals surface area contributed by atoms with E-state index in [-0.39, 0.29) is 0 Å². The van der Waals surface area contributed by atoms with E-state index >= 15 is 0 Å². The summed E-state index contributed by atoms with van der Waals surface area (Å²) in [4.78, 5) is 8.00. The standard InChI is InChI=1S/C4H13N3.CH2O/c5-1-3-7-4-2-6;1-2/h7H,1-6H2;1H2. The topological polar surface area (TPSA) is 81.1 Å². The molecule has 0 aliphatic heterocycles. The Morgan fingerprint density at radius 3 is 1.67 bits per heavy atom. The van der Waals surface area contributed by atoms with Crippen molar-refractivity contribution in [2.45, 2.75) is 0 Å². The van der Waals surface area contributed by atoms with Crippen LogP contribution in [-0.2, 0) is 4.79 Å². The van der Waals surface area contributed by atoms with Gasteiger partial charge in [0, 0.05) is 26.2 Å². The molecule has 0 aliphatic rings. The van der Waals surface area contributed by atoms with Crippen LogP contribution in [0.1, 0.15) is 0 Å². The third-order valence-electron chi connectivity index (χ3n) is 0.642. The number of carbonyl (C=O) groups excluding carboxylic acids is 1. The van der Waals surface area contributed by atoms with Crippen LogP contribution < -0.4 is 16.8 Å². The van der Waals surface area contributed by atoms with Gasteiger partial charge in [-0.15, -0.1) is 0 Å². The summed E-state index contributed by atoms with van der Waals surface area (Å²) >= 11 is 0. The van der Waals surface area contributed by atoms with Crippen LogP contribution in [0.3, 0.4) is 0 Å². The molecule has 5 N–H and O–H groups in total. The van der Waals surface area contributed by atoms with Crippen LogP contribution >= 0.6 is 0 Å². The lowest BCUT2D eigenvalue weighted by molar-refractivity contribution is -0.0979. The smallest absolute Gasteiger partial charge is 0.106 e. The highest BCUT2D eigenvalue weighted by Gasteiger charge is 1.76. The Balaban J connectivity index is 0. The average molecular weight is 133 g/mol. The van der Waals surface area contributed by atoms with E-state index in [1.807, 2.05) is 6.79 Å². The van der Waals surface area contributed by atoms with Crippen molar-refractivity contribution in [3.05, 3.63) is 0 Å². The maximum Gasteiger partial charge on any atom is 0.106 e. The van der Waals surface area contributed by atoms with Gasteiger partial charge in [0.25, 0.3) is 0 Å². The van der Waals surface area contributed by atoms with E-state index in [2.05, 4.69) is 5.32 Å². The van der Waals surface area contributed by atoms with E-state index in [4.69, 9.17) is 16.3 Å².